The van der Waals surface area contributed by atoms with E-state index >= 15 is 0 Å². The Bertz CT molecular complexity index is 421. The number of rotatable bonds is 2. The average Bonchev–Trinajstić information content (AvgIpc) is 2.16. The lowest BCUT2D eigenvalue weighted by Crippen LogP contribution is -2.06. The molecule has 0 aromatic heterocycles. The van der Waals surface area contributed by atoms with Gasteiger partial charge in [0, 0.05) is 3.57 Å². The van der Waals surface area contributed by atoms with Crippen LogP contribution in [0, 0.1) is 14.9 Å². The van der Waals surface area contributed by atoms with Gasteiger partial charge in [-0.1, -0.05) is 13.0 Å². The van der Waals surface area contributed by atoms with Gasteiger partial charge in [0.15, 0.2) is 0 Å². The second-order valence-corrected chi connectivity index (χ2v) is 3.81. The van der Waals surface area contributed by atoms with Crippen LogP contribution >= 0.6 is 22.6 Å². The number of carboxylic acids is 1. The molecule has 0 bridgehead atoms. The second-order valence-electron chi connectivity index (χ2n) is 2.73. The largest absolute Gasteiger partial charge is 0.478 e. The Kier molecular flexibility index (Phi) is 3.47. The van der Waals surface area contributed by atoms with Crippen molar-refractivity contribution >= 4 is 28.6 Å². The van der Waals surface area contributed by atoms with Gasteiger partial charge in [-0.15, -0.1) is 0 Å². The quantitative estimate of drug-likeness (QED) is 0.853. The third kappa shape index (κ3) is 1.87. The van der Waals surface area contributed by atoms with Gasteiger partial charge in [0.05, 0.1) is 11.1 Å². The molecule has 3 nitrogen and oxygen atoms in total. The molecule has 14 heavy (non-hydrogen) atoms. The molecule has 0 aliphatic carbocycles. The first kappa shape index (κ1) is 11.0. The molecule has 0 heterocycles. The summed E-state index contributed by atoms with van der Waals surface area (Å²) < 4.78 is 0.525. The molecule has 0 atom stereocenters. The Morgan fingerprint density at radius 3 is 2.71 bits per heavy atom. The van der Waals surface area contributed by atoms with Crippen LogP contribution in [-0.2, 0) is 6.42 Å². The average molecular weight is 301 g/mol. The van der Waals surface area contributed by atoms with Crippen molar-refractivity contribution in [2.24, 2.45) is 0 Å². The molecule has 1 aromatic carbocycles. The maximum atomic E-state index is 11.0. The summed E-state index contributed by atoms with van der Waals surface area (Å²) in [7, 11) is 0. The molecule has 0 spiro atoms. The van der Waals surface area contributed by atoms with E-state index in [0.29, 0.717) is 15.6 Å². The number of hydrogen-bond donors (Lipinski definition) is 1. The first-order chi connectivity index (χ1) is 6.61. The Labute approximate surface area is 95.5 Å². The molecule has 4 heteroatoms. The SMILES string of the molecule is CCc1ccc(C#N)c(I)c1C(=O)O. The summed E-state index contributed by atoms with van der Waals surface area (Å²) in [5.41, 5.74) is 1.44. The van der Waals surface area contributed by atoms with Gasteiger partial charge in [-0.3, -0.25) is 0 Å². The number of hydrogen-bond acceptors (Lipinski definition) is 2. The summed E-state index contributed by atoms with van der Waals surface area (Å²) in [5, 5.41) is 17.7. The van der Waals surface area contributed by atoms with Gasteiger partial charge in [-0.25, -0.2) is 4.79 Å². The summed E-state index contributed by atoms with van der Waals surface area (Å²) in [4.78, 5) is 11.0. The van der Waals surface area contributed by atoms with Crippen LogP contribution in [0.1, 0.15) is 28.4 Å². The molecule has 1 N–H and O–H groups in total. The van der Waals surface area contributed by atoms with Gasteiger partial charge in [-0.05, 0) is 40.6 Å². The highest BCUT2D eigenvalue weighted by atomic mass is 127. The summed E-state index contributed by atoms with van der Waals surface area (Å²) in [6.07, 6.45) is 0.656. The number of halogens is 1. The van der Waals surface area contributed by atoms with E-state index in [0.717, 1.165) is 5.56 Å². The monoisotopic (exact) mass is 301 g/mol. The first-order valence-corrected chi connectivity index (χ1v) is 5.14. The molecule has 0 saturated carbocycles. The molecular formula is C10H8INO2. The van der Waals surface area contributed by atoms with Crippen molar-refractivity contribution < 1.29 is 9.90 Å². The highest BCUT2D eigenvalue weighted by Gasteiger charge is 2.15. The number of carboxylic acid groups (broad SMARTS) is 1. The predicted molar refractivity (Wildman–Crippen MR) is 60.2 cm³/mol. The summed E-state index contributed by atoms with van der Waals surface area (Å²) in [6, 6.07) is 5.33. The topological polar surface area (TPSA) is 61.1 Å². The van der Waals surface area contributed by atoms with Gasteiger partial charge >= 0.3 is 5.97 Å². The lowest BCUT2D eigenvalue weighted by molar-refractivity contribution is 0.0694. The molecule has 0 unspecified atom stereocenters. The number of carbonyl (C=O) groups is 1. The Balaban J connectivity index is 3.49. The normalized spacial score (nSPS) is 9.50. The number of aryl methyl sites for hydroxylation is 1. The van der Waals surface area contributed by atoms with Crippen LogP contribution in [0.25, 0.3) is 0 Å². The first-order valence-electron chi connectivity index (χ1n) is 4.06. The van der Waals surface area contributed by atoms with Crippen molar-refractivity contribution in [2.75, 3.05) is 0 Å². The minimum Gasteiger partial charge on any atom is -0.478 e. The molecule has 0 fully saturated rings. The smallest absolute Gasteiger partial charge is 0.337 e. The van der Waals surface area contributed by atoms with Crippen molar-refractivity contribution in [1.82, 2.24) is 0 Å². The number of benzene rings is 1. The molecule has 1 aromatic rings. The van der Waals surface area contributed by atoms with Crippen LogP contribution in [-0.4, -0.2) is 11.1 Å². The Hall–Kier alpha value is -1.09. The van der Waals surface area contributed by atoms with Gasteiger partial charge in [0.2, 0.25) is 0 Å². The lowest BCUT2D eigenvalue weighted by atomic mass is 10.0. The van der Waals surface area contributed by atoms with Crippen LogP contribution in [0.4, 0.5) is 0 Å². The Morgan fingerprint density at radius 2 is 2.29 bits per heavy atom. The van der Waals surface area contributed by atoms with E-state index in [9.17, 15) is 4.79 Å². The van der Waals surface area contributed by atoms with Crippen LogP contribution in [0.15, 0.2) is 12.1 Å². The van der Waals surface area contributed by atoms with Gasteiger partial charge < -0.3 is 5.11 Å². The van der Waals surface area contributed by atoms with E-state index < -0.39 is 5.97 Å². The summed E-state index contributed by atoms with van der Waals surface area (Å²) in [6.45, 7) is 1.89. The zero-order chi connectivity index (χ0) is 10.7. The zero-order valence-corrected chi connectivity index (χ0v) is 9.70. The molecule has 0 saturated heterocycles. The van der Waals surface area contributed by atoms with Crippen LogP contribution in [0.5, 0.6) is 0 Å². The third-order valence-electron chi connectivity index (χ3n) is 1.94. The maximum absolute atomic E-state index is 11.0. The molecule has 0 aliphatic heterocycles. The molecular weight excluding hydrogens is 293 g/mol. The highest BCUT2D eigenvalue weighted by Crippen LogP contribution is 2.21. The van der Waals surface area contributed by atoms with E-state index in [-0.39, 0.29) is 5.56 Å². The van der Waals surface area contributed by atoms with E-state index in [2.05, 4.69) is 0 Å². The van der Waals surface area contributed by atoms with Gasteiger partial charge in [-0.2, -0.15) is 5.26 Å². The predicted octanol–water partition coefficient (Wildman–Crippen LogP) is 2.42. The van der Waals surface area contributed by atoms with Crippen molar-refractivity contribution in [3.63, 3.8) is 0 Å². The number of aromatic carboxylic acids is 1. The van der Waals surface area contributed by atoms with E-state index in [1.54, 1.807) is 12.1 Å². The fraction of sp³-hybridized carbons (Fsp3) is 0.200. The van der Waals surface area contributed by atoms with Crippen molar-refractivity contribution in [3.8, 4) is 6.07 Å². The lowest BCUT2D eigenvalue weighted by Gasteiger charge is -2.06. The Morgan fingerprint density at radius 1 is 1.64 bits per heavy atom. The third-order valence-corrected chi connectivity index (χ3v) is 3.06. The maximum Gasteiger partial charge on any atom is 0.337 e. The second kappa shape index (κ2) is 4.42. The number of nitrogens with zero attached hydrogens (tertiary/aromatic N) is 1. The van der Waals surface area contributed by atoms with E-state index in [4.69, 9.17) is 10.4 Å². The van der Waals surface area contributed by atoms with Crippen molar-refractivity contribution in [2.45, 2.75) is 13.3 Å². The molecule has 72 valence electrons. The van der Waals surface area contributed by atoms with Crippen LogP contribution in [0.3, 0.4) is 0 Å². The number of nitriles is 1. The van der Waals surface area contributed by atoms with Gasteiger partial charge in [0.25, 0.3) is 0 Å². The van der Waals surface area contributed by atoms with E-state index in [1.165, 1.54) is 0 Å². The van der Waals surface area contributed by atoms with Crippen molar-refractivity contribution in [1.29, 1.82) is 5.26 Å². The minimum absolute atomic E-state index is 0.257. The van der Waals surface area contributed by atoms with Crippen LogP contribution < -0.4 is 0 Å². The highest BCUT2D eigenvalue weighted by molar-refractivity contribution is 14.1. The zero-order valence-electron chi connectivity index (χ0n) is 7.54. The van der Waals surface area contributed by atoms with Crippen LogP contribution in [0.2, 0.25) is 0 Å². The van der Waals surface area contributed by atoms with Crippen molar-refractivity contribution in [3.05, 3.63) is 32.4 Å². The fourth-order valence-corrected chi connectivity index (χ4v) is 2.11. The summed E-state index contributed by atoms with van der Waals surface area (Å²) in [5.74, 6) is -0.969. The minimum atomic E-state index is -0.969. The molecule has 1 rings (SSSR count). The molecule has 0 aliphatic rings. The summed E-state index contributed by atoms with van der Waals surface area (Å²) >= 11 is 1.90. The molecule has 0 radical (unpaired) electrons. The fourth-order valence-electron chi connectivity index (χ4n) is 1.23. The van der Waals surface area contributed by atoms with E-state index in [1.807, 2.05) is 35.6 Å². The van der Waals surface area contributed by atoms with Gasteiger partial charge in [0.1, 0.15) is 6.07 Å². The molecule has 0 amide bonds. The standard InChI is InChI=1S/C10H8INO2/c1-2-6-3-4-7(5-12)9(11)8(6)10(13)14/h3-4H,2H2,1H3,(H,13,14).